The minimum absolute atomic E-state index is 0.0141. The summed E-state index contributed by atoms with van der Waals surface area (Å²) in [6, 6.07) is 15.3. The Morgan fingerprint density at radius 1 is 0.969 bits per heavy atom. The largest absolute Gasteiger partial charge is 0.425 e. The monoisotopic (exact) mass is 452 g/mol. The van der Waals surface area contributed by atoms with E-state index in [0.29, 0.717) is 10.8 Å². The molecule has 0 radical (unpaired) electrons. The van der Waals surface area contributed by atoms with Gasteiger partial charge in [0.1, 0.15) is 5.75 Å². The second-order valence-electron chi connectivity index (χ2n) is 8.83. The lowest BCUT2D eigenvalue weighted by Gasteiger charge is -2.19. The van der Waals surface area contributed by atoms with Crippen LogP contribution in [0.15, 0.2) is 58.1 Å². The fraction of sp³-hybridized carbons (Fsp3) is 0.292. The lowest BCUT2D eigenvalue weighted by molar-refractivity contribution is 0.420. The molecule has 0 aliphatic carbocycles. The molecule has 166 valence electrons. The summed E-state index contributed by atoms with van der Waals surface area (Å²) >= 11 is 6.38. The number of benzene rings is 2. The highest BCUT2D eigenvalue weighted by molar-refractivity contribution is 6.31. The SMILES string of the molecule is Cn1c(=O)c2c(nc(Oc3ccc(C(C)(C)C)cc3)n2Cc2ccccc2Cl)n(C)c1=O. The third-order valence-corrected chi connectivity index (χ3v) is 5.90. The Labute approximate surface area is 190 Å². The summed E-state index contributed by atoms with van der Waals surface area (Å²) < 4.78 is 10.2. The van der Waals surface area contributed by atoms with Gasteiger partial charge in [-0.15, -0.1) is 0 Å². The first-order valence-corrected chi connectivity index (χ1v) is 10.6. The predicted molar refractivity (Wildman–Crippen MR) is 126 cm³/mol. The Kier molecular flexibility index (Phi) is 5.46. The van der Waals surface area contributed by atoms with E-state index in [-0.39, 0.29) is 29.1 Å². The van der Waals surface area contributed by atoms with Crippen LogP contribution >= 0.6 is 11.6 Å². The zero-order valence-electron chi connectivity index (χ0n) is 18.7. The fourth-order valence-electron chi connectivity index (χ4n) is 3.58. The minimum Gasteiger partial charge on any atom is -0.425 e. The first-order chi connectivity index (χ1) is 15.1. The average Bonchev–Trinajstić information content (AvgIpc) is 3.10. The molecule has 0 saturated heterocycles. The number of ether oxygens (including phenoxy) is 1. The second kappa shape index (κ2) is 7.98. The van der Waals surface area contributed by atoms with Crippen LogP contribution in [0.2, 0.25) is 5.02 Å². The van der Waals surface area contributed by atoms with Crippen molar-refractivity contribution >= 4 is 22.8 Å². The van der Waals surface area contributed by atoms with E-state index < -0.39 is 11.2 Å². The maximum atomic E-state index is 13.0. The van der Waals surface area contributed by atoms with Gasteiger partial charge in [-0.3, -0.25) is 18.5 Å². The van der Waals surface area contributed by atoms with E-state index in [1.54, 1.807) is 17.7 Å². The van der Waals surface area contributed by atoms with Gasteiger partial charge in [-0.25, -0.2) is 4.79 Å². The summed E-state index contributed by atoms with van der Waals surface area (Å²) in [5.74, 6) is 0.579. The molecule has 0 unspecified atom stereocenters. The van der Waals surface area contributed by atoms with Gasteiger partial charge < -0.3 is 4.74 Å². The van der Waals surface area contributed by atoms with Crippen LogP contribution < -0.4 is 16.0 Å². The number of hydrogen-bond acceptors (Lipinski definition) is 4. The van der Waals surface area contributed by atoms with E-state index in [9.17, 15) is 9.59 Å². The molecule has 2 heterocycles. The number of halogens is 1. The van der Waals surface area contributed by atoms with Crippen LogP contribution in [-0.4, -0.2) is 18.7 Å². The summed E-state index contributed by atoms with van der Waals surface area (Å²) in [4.78, 5) is 30.0. The van der Waals surface area contributed by atoms with E-state index in [4.69, 9.17) is 16.3 Å². The quantitative estimate of drug-likeness (QED) is 0.464. The van der Waals surface area contributed by atoms with E-state index in [2.05, 4.69) is 25.8 Å². The molecule has 0 atom stereocenters. The van der Waals surface area contributed by atoms with Gasteiger partial charge >= 0.3 is 11.7 Å². The van der Waals surface area contributed by atoms with E-state index in [0.717, 1.165) is 10.1 Å². The summed E-state index contributed by atoms with van der Waals surface area (Å²) in [5, 5.41) is 0.566. The summed E-state index contributed by atoms with van der Waals surface area (Å²) in [6.07, 6.45) is 0. The Balaban J connectivity index is 1.89. The number of aryl methyl sites for hydroxylation is 1. The smallest absolute Gasteiger partial charge is 0.332 e. The van der Waals surface area contributed by atoms with Gasteiger partial charge in [0.25, 0.3) is 5.56 Å². The van der Waals surface area contributed by atoms with Crippen LogP contribution in [0.3, 0.4) is 0 Å². The van der Waals surface area contributed by atoms with Crippen molar-refractivity contribution in [3.63, 3.8) is 0 Å². The second-order valence-corrected chi connectivity index (χ2v) is 9.23. The maximum absolute atomic E-state index is 13.0. The number of aromatic nitrogens is 4. The van der Waals surface area contributed by atoms with Crippen LogP contribution in [0.25, 0.3) is 11.2 Å². The lowest BCUT2D eigenvalue weighted by Crippen LogP contribution is -2.37. The zero-order valence-corrected chi connectivity index (χ0v) is 19.5. The molecule has 8 heteroatoms. The molecule has 0 saturated carbocycles. The number of hydrogen-bond donors (Lipinski definition) is 0. The Morgan fingerprint density at radius 3 is 2.25 bits per heavy atom. The Bertz CT molecular complexity index is 1420. The van der Waals surface area contributed by atoms with Crippen LogP contribution in [0.1, 0.15) is 31.9 Å². The maximum Gasteiger partial charge on any atom is 0.332 e. The van der Waals surface area contributed by atoms with Crippen molar-refractivity contribution in [2.45, 2.75) is 32.7 Å². The molecule has 4 aromatic rings. The number of nitrogens with zero attached hydrogens (tertiary/aromatic N) is 4. The number of fused-ring (bicyclic) bond motifs is 1. The van der Waals surface area contributed by atoms with Crippen molar-refractivity contribution in [2.24, 2.45) is 14.1 Å². The van der Waals surface area contributed by atoms with Crippen molar-refractivity contribution in [1.29, 1.82) is 0 Å². The normalized spacial score (nSPS) is 11.8. The molecule has 4 rings (SSSR count). The molecule has 0 N–H and O–H groups in total. The molecular weight excluding hydrogens is 428 g/mol. The third-order valence-electron chi connectivity index (χ3n) is 5.53. The molecule has 0 bridgehead atoms. The molecular formula is C24H25ClN4O3. The van der Waals surface area contributed by atoms with Crippen LogP contribution in [-0.2, 0) is 26.1 Å². The van der Waals surface area contributed by atoms with Crippen LogP contribution in [0, 0.1) is 0 Å². The first kappa shape index (κ1) is 21.9. The third kappa shape index (κ3) is 3.84. The Morgan fingerprint density at radius 2 is 1.62 bits per heavy atom. The summed E-state index contributed by atoms with van der Waals surface area (Å²) in [5.41, 5.74) is 1.62. The molecule has 2 aromatic heterocycles. The van der Waals surface area contributed by atoms with Crippen molar-refractivity contribution < 1.29 is 4.74 Å². The molecule has 7 nitrogen and oxygen atoms in total. The van der Waals surface area contributed by atoms with Gasteiger partial charge in [0.15, 0.2) is 11.2 Å². The van der Waals surface area contributed by atoms with Crippen LogP contribution in [0.4, 0.5) is 0 Å². The van der Waals surface area contributed by atoms with Gasteiger partial charge in [-0.2, -0.15) is 4.98 Å². The first-order valence-electron chi connectivity index (χ1n) is 10.3. The molecule has 32 heavy (non-hydrogen) atoms. The van der Waals surface area contributed by atoms with Gasteiger partial charge in [-0.1, -0.05) is 62.7 Å². The number of imidazole rings is 1. The molecule has 0 amide bonds. The molecule has 2 aromatic carbocycles. The van der Waals surface area contributed by atoms with Crippen molar-refractivity contribution in [3.05, 3.63) is 85.5 Å². The molecule has 0 aliphatic rings. The predicted octanol–water partition coefficient (Wildman–Crippen LogP) is 4.23. The van der Waals surface area contributed by atoms with Crippen molar-refractivity contribution in [1.82, 2.24) is 18.7 Å². The van der Waals surface area contributed by atoms with Crippen LogP contribution in [0.5, 0.6) is 11.8 Å². The zero-order chi connectivity index (χ0) is 23.2. The van der Waals surface area contributed by atoms with Crippen molar-refractivity contribution in [3.8, 4) is 11.8 Å². The average molecular weight is 453 g/mol. The van der Waals surface area contributed by atoms with Gasteiger partial charge in [0.05, 0.1) is 6.54 Å². The highest BCUT2D eigenvalue weighted by Gasteiger charge is 2.22. The van der Waals surface area contributed by atoms with Gasteiger partial charge in [-0.05, 0) is 34.7 Å². The molecule has 0 aliphatic heterocycles. The van der Waals surface area contributed by atoms with E-state index in [1.807, 2.05) is 42.5 Å². The minimum atomic E-state index is -0.453. The standard InChI is InChI=1S/C24H25ClN4O3/c1-24(2,3)16-10-12-17(13-11-16)32-22-26-20-19(21(30)28(5)23(31)27(20)4)29(22)14-15-8-6-7-9-18(15)25/h6-13H,14H2,1-5H3. The van der Waals surface area contributed by atoms with E-state index in [1.165, 1.54) is 17.2 Å². The fourth-order valence-corrected chi connectivity index (χ4v) is 3.77. The van der Waals surface area contributed by atoms with Gasteiger partial charge in [0.2, 0.25) is 0 Å². The van der Waals surface area contributed by atoms with Gasteiger partial charge in [0, 0.05) is 19.1 Å². The topological polar surface area (TPSA) is 71.1 Å². The summed E-state index contributed by atoms with van der Waals surface area (Å²) in [6.45, 7) is 6.69. The number of rotatable bonds is 4. The Hall–Kier alpha value is -3.32. The van der Waals surface area contributed by atoms with Crippen molar-refractivity contribution in [2.75, 3.05) is 0 Å². The summed E-state index contributed by atoms with van der Waals surface area (Å²) in [7, 11) is 3.03. The van der Waals surface area contributed by atoms with E-state index >= 15 is 0 Å². The molecule has 0 fully saturated rings. The molecule has 0 spiro atoms. The lowest BCUT2D eigenvalue weighted by atomic mass is 9.87. The highest BCUT2D eigenvalue weighted by Crippen LogP contribution is 2.29. The highest BCUT2D eigenvalue weighted by atomic mass is 35.5.